The number of hydrogen-bond donors (Lipinski definition) is 3. The minimum absolute atomic E-state index is 0.135. The first-order chi connectivity index (χ1) is 16.1. The van der Waals surface area contributed by atoms with E-state index in [1.165, 1.54) is 93.9 Å². The predicted molar refractivity (Wildman–Crippen MR) is 137 cm³/mol. The zero-order chi connectivity index (χ0) is 22.8. The Hall–Kier alpha value is -1.55. The van der Waals surface area contributed by atoms with Crippen molar-refractivity contribution >= 4 is 11.6 Å². The van der Waals surface area contributed by atoms with Crippen molar-refractivity contribution in [2.75, 3.05) is 11.9 Å². The normalized spacial score (nSPS) is 30.8. The number of para-hydroxylation sites is 1. The van der Waals surface area contributed by atoms with Crippen molar-refractivity contribution in [3.05, 3.63) is 29.3 Å². The molecule has 4 aliphatic rings. The van der Waals surface area contributed by atoms with Gasteiger partial charge in [0.15, 0.2) is 0 Å². The largest absolute Gasteiger partial charge is 0.373 e. The fraction of sp³-hybridized carbons (Fsp3) is 0.759. The van der Waals surface area contributed by atoms with E-state index < -0.39 is 0 Å². The summed E-state index contributed by atoms with van der Waals surface area (Å²) in [5.74, 6) is 1.46. The first-order valence-electron chi connectivity index (χ1n) is 14.0. The van der Waals surface area contributed by atoms with Crippen molar-refractivity contribution in [2.45, 2.75) is 115 Å². The van der Waals surface area contributed by atoms with Crippen molar-refractivity contribution < 1.29 is 4.79 Å². The molecular weight excluding hydrogens is 406 g/mol. The van der Waals surface area contributed by atoms with Crippen LogP contribution in [0.25, 0.3) is 0 Å². The van der Waals surface area contributed by atoms with Crippen LogP contribution < -0.4 is 16.0 Å². The summed E-state index contributed by atoms with van der Waals surface area (Å²) < 4.78 is 0. The van der Waals surface area contributed by atoms with E-state index in [4.69, 9.17) is 0 Å². The van der Waals surface area contributed by atoms with Gasteiger partial charge in [-0.15, -0.1) is 0 Å². The van der Waals surface area contributed by atoms with Crippen LogP contribution >= 0.6 is 0 Å². The highest BCUT2D eigenvalue weighted by atomic mass is 16.2. The first-order valence-corrected chi connectivity index (χ1v) is 14.0. The number of nitrogens with one attached hydrogen (secondary N) is 3. The zero-order valence-electron chi connectivity index (χ0n) is 20.9. The second-order valence-corrected chi connectivity index (χ2v) is 11.7. The summed E-state index contributed by atoms with van der Waals surface area (Å²) in [4.78, 5) is 13.5. The summed E-state index contributed by atoms with van der Waals surface area (Å²) in [6, 6.07) is 6.94. The fourth-order valence-corrected chi connectivity index (χ4v) is 7.31. The molecule has 1 saturated heterocycles. The van der Waals surface area contributed by atoms with Gasteiger partial charge in [-0.2, -0.15) is 0 Å². The molecule has 2 aliphatic heterocycles. The van der Waals surface area contributed by atoms with Gasteiger partial charge >= 0.3 is 0 Å². The molecular formula is C29H45N3O. The van der Waals surface area contributed by atoms with E-state index in [9.17, 15) is 4.79 Å². The van der Waals surface area contributed by atoms with Gasteiger partial charge in [-0.3, -0.25) is 4.79 Å². The lowest BCUT2D eigenvalue weighted by Gasteiger charge is -2.50. The molecule has 3 N–H and O–H groups in total. The van der Waals surface area contributed by atoms with Gasteiger partial charge in [0, 0.05) is 24.2 Å². The number of piperidine rings is 1. The minimum Gasteiger partial charge on any atom is -0.373 e. The lowest BCUT2D eigenvalue weighted by molar-refractivity contribution is -0.123. The van der Waals surface area contributed by atoms with Gasteiger partial charge in [0.25, 0.3) is 0 Å². The molecule has 0 bridgehead atoms. The monoisotopic (exact) mass is 451 g/mol. The molecule has 1 amide bonds. The number of amides is 1. The molecule has 1 aromatic rings. The maximum atomic E-state index is 13.5. The van der Waals surface area contributed by atoms with Crippen LogP contribution in [-0.2, 0) is 11.2 Å². The molecule has 33 heavy (non-hydrogen) atoms. The highest BCUT2D eigenvalue weighted by Gasteiger charge is 2.48. The third-order valence-corrected chi connectivity index (χ3v) is 9.60. The number of aryl methyl sites for hydroxylation is 1. The van der Waals surface area contributed by atoms with Gasteiger partial charge in [-0.1, -0.05) is 70.1 Å². The SMILES string of the molecule is Cc1cccc2c1NC(C(=O)NC(C1CC1)C1NCCC3(CCCCCCCCC3)C1C)C2. The average Bonchev–Trinajstić information content (AvgIpc) is 3.56. The topological polar surface area (TPSA) is 53.2 Å². The van der Waals surface area contributed by atoms with Gasteiger partial charge in [0.1, 0.15) is 6.04 Å². The highest BCUT2D eigenvalue weighted by molar-refractivity contribution is 5.88. The standard InChI is InChI=1S/C29H45N3O/c1-20-11-10-12-23-19-24(31-25(20)23)28(33)32-27(22-13-14-22)26-21(2)29(17-18-30-26)15-8-6-4-3-5-7-9-16-29/h10-12,21-22,24,26-27,30-31H,3-9,13-19H2,1-2H3,(H,32,33). The lowest BCUT2D eigenvalue weighted by atomic mass is 9.61. The number of benzene rings is 1. The number of carbonyl (C=O) groups is 1. The maximum Gasteiger partial charge on any atom is 0.243 e. The quantitative estimate of drug-likeness (QED) is 0.547. The molecule has 1 spiro atoms. The summed E-state index contributed by atoms with van der Waals surface area (Å²) in [6.07, 6.45) is 17.3. The molecule has 4 unspecified atom stereocenters. The van der Waals surface area contributed by atoms with Crippen LogP contribution in [0.15, 0.2) is 18.2 Å². The van der Waals surface area contributed by atoms with Crippen molar-refractivity contribution in [3.8, 4) is 0 Å². The van der Waals surface area contributed by atoms with Crippen LogP contribution in [0, 0.1) is 24.2 Å². The van der Waals surface area contributed by atoms with E-state index in [0.29, 0.717) is 23.3 Å². The Labute approximate surface area is 201 Å². The number of fused-ring (bicyclic) bond motifs is 1. The summed E-state index contributed by atoms with van der Waals surface area (Å²) in [7, 11) is 0. The zero-order valence-corrected chi connectivity index (χ0v) is 20.9. The van der Waals surface area contributed by atoms with Crippen LogP contribution in [0.4, 0.5) is 5.69 Å². The molecule has 3 fully saturated rings. The van der Waals surface area contributed by atoms with Crippen LogP contribution in [0.5, 0.6) is 0 Å². The molecule has 182 valence electrons. The molecule has 0 radical (unpaired) electrons. The van der Waals surface area contributed by atoms with E-state index >= 15 is 0 Å². The molecule has 1 aromatic carbocycles. The number of rotatable bonds is 4. The second kappa shape index (κ2) is 9.98. The van der Waals surface area contributed by atoms with Crippen LogP contribution in [0.2, 0.25) is 0 Å². The molecule has 4 atom stereocenters. The average molecular weight is 452 g/mol. The van der Waals surface area contributed by atoms with Gasteiger partial charge < -0.3 is 16.0 Å². The molecule has 0 aromatic heterocycles. The van der Waals surface area contributed by atoms with Crippen molar-refractivity contribution in [2.24, 2.45) is 17.3 Å². The Bertz CT molecular complexity index is 822. The van der Waals surface area contributed by atoms with Crippen LogP contribution in [0.3, 0.4) is 0 Å². The number of hydrogen-bond acceptors (Lipinski definition) is 3. The van der Waals surface area contributed by atoms with Gasteiger partial charge in [-0.25, -0.2) is 0 Å². The Morgan fingerprint density at radius 1 is 1.03 bits per heavy atom. The molecule has 2 heterocycles. The predicted octanol–water partition coefficient (Wildman–Crippen LogP) is 5.74. The van der Waals surface area contributed by atoms with E-state index in [0.717, 1.165) is 13.0 Å². The van der Waals surface area contributed by atoms with E-state index in [-0.39, 0.29) is 18.0 Å². The Morgan fingerprint density at radius 3 is 2.39 bits per heavy atom. The fourth-order valence-electron chi connectivity index (χ4n) is 7.31. The molecule has 2 saturated carbocycles. The Balaban J connectivity index is 1.29. The molecule has 5 rings (SSSR count). The first kappa shape index (κ1) is 23.2. The summed E-state index contributed by atoms with van der Waals surface area (Å²) in [6.45, 7) is 5.75. The van der Waals surface area contributed by atoms with Crippen LogP contribution in [0.1, 0.15) is 95.1 Å². The van der Waals surface area contributed by atoms with Gasteiger partial charge in [0.05, 0.1) is 0 Å². The van der Waals surface area contributed by atoms with Crippen LogP contribution in [-0.4, -0.2) is 30.6 Å². The van der Waals surface area contributed by atoms with Gasteiger partial charge in [0.2, 0.25) is 5.91 Å². The smallest absolute Gasteiger partial charge is 0.243 e. The molecule has 4 nitrogen and oxygen atoms in total. The Morgan fingerprint density at radius 2 is 1.73 bits per heavy atom. The van der Waals surface area contributed by atoms with E-state index in [2.05, 4.69) is 48.0 Å². The third-order valence-electron chi connectivity index (χ3n) is 9.60. The highest BCUT2D eigenvalue weighted by Crippen LogP contribution is 2.48. The summed E-state index contributed by atoms with van der Waals surface area (Å²) >= 11 is 0. The maximum absolute atomic E-state index is 13.5. The minimum atomic E-state index is -0.135. The summed E-state index contributed by atoms with van der Waals surface area (Å²) in [5.41, 5.74) is 4.15. The van der Waals surface area contributed by atoms with E-state index in [1.54, 1.807) is 0 Å². The van der Waals surface area contributed by atoms with E-state index in [1.807, 2.05) is 0 Å². The van der Waals surface area contributed by atoms with Crippen molar-refractivity contribution in [1.82, 2.24) is 10.6 Å². The third kappa shape index (κ3) is 4.97. The summed E-state index contributed by atoms with van der Waals surface area (Å²) in [5, 5.41) is 11.0. The molecule has 4 heteroatoms. The Kier molecular flexibility index (Phi) is 7.02. The molecule has 2 aliphatic carbocycles. The van der Waals surface area contributed by atoms with Crippen molar-refractivity contribution in [3.63, 3.8) is 0 Å². The van der Waals surface area contributed by atoms with Gasteiger partial charge in [-0.05, 0) is 74.0 Å². The second-order valence-electron chi connectivity index (χ2n) is 11.7. The van der Waals surface area contributed by atoms with Crippen molar-refractivity contribution in [1.29, 1.82) is 0 Å². The number of anilines is 1. The number of carbonyl (C=O) groups excluding carboxylic acids is 1. The lowest BCUT2D eigenvalue weighted by Crippen LogP contribution is -2.62.